The third kappa shape index (κ3) is 4.60. The number of amides is 1. The number of carbonyl (C=O) groups excluding carboxylic acids is 1. The first-order chi connectivity index (χ1) is 9.10. The highest BCUT2D eigenvalue weighted by atomic mass is 16.5. The van der Waals surface area contributed by atoms with Crippen molar-refractivity contribution in [2.45, 2.75) is 46.3 Å². The van der Waals surface area contributed by atoms with Gasteiger partial charge in [0, 0.05) is 0 Å². The lowest BCUT2D eigenvalue weighted by Crippen LogP contribution is -2.39. The molecule has 20 heavy (non-hydrogen) atoms. The van der Waals surface area contributed by atoms with Crippen LogP contribution in [-0.4, -0.2) is 22.5 Å². The molecule has 0 aliphatic heterocycles. The highest BCUT2D eigenvalue weighted by molar-refractivity contribution is 5.83. The van der Waals surface area contributed by atoms with E-state index in [0.29, 0.717) is 17.4 Å². The third-order valence-corrected chi connectivity index (χ3v) is 2.57. The van der Waals surface area contributed by atoms with Crippen LogP contribution < -0.4 is 21.5 Å². The van der Waals surface area contributed by atoms with Gasteiger partial charge in [-0.25, -0.2) is 0 Å². The molecule has 0 aliphatic carbocycles. The molecule has 0 radical (unpaired) electrons. The topological polar surface area (TPSA) is 103 Å². The van der Waals surface area contributed by atoms with Gasteiger partial charge in [0.2, 0.25) is 11.8 Å². The van der Waals surface area contributed by atoms with Crippen molar-refractivity contribution in [3.05, 3.63) is 12.1 Å². The zero-order valence-electron chi connectivity index (χ0n) is 12.7. The number of pyridine rings is 1. The second kappa shape index (κ2) is 5.98. The van der Waals surface area contributed by atoms with Gasteiger partial charge in [0.15, 0.2) is 0 Å². The van der Waals surface area contributed by atoms with E-state index in [1.807, 2.05) is 34.6 Å². The average Bonchev–Trinajstić information content (AvgIpc) is 2.27. The Labute approximate surface area is 119 Å². The number of aromatic nitrogens is 1. The highest BCUT2D eigenvalue weighted by Crippen LogP contribution is 2.25. The van der Waals surface area contributed by atoms with Gasteiger partial charge < -0.3 is 21.5 Å². The van der Waals surface area contributed by atoms with E-state index in [9.17, 15) is 4.79 Å². The van der Waals surface area contributed by atoms with Crippen molar-refractivity contribution in [2.24, 2.45) is 11.7 Å². The summed E-state index contributed by atoms with van der Waals surface area (Å²) in [5, 5.41) is 3.01. The SMILES string of the molecule is CC(C)C(Nc1ccc(N)c(OC(C)(C)C)n1)C(N)=O. The molecule has 0 bridgehead atoms. The summed E-state index contributed by atoms with van der Waals surface area (Å²) in [6.07, 6.45) is 0. The molecule has 0 aliphatic rings. The number of nitrogens with two attached hydrogens (primary N) is 2. The summed E-state index contributed by atoms with van der Waals surface area (Å²) in [5.41, 5.74) is 11.3. The van der Waals surface area contributed by atoms with Crippen LogP contribution in [0.4, 0.5) is 11.5 Å². The fraction of sp³-hybridized carbons (Fsp3) is 0.571. The van der Waals surface area contributed by atoms with Crippen molar-refractivity contribution in [1.82, 2.24) is 4.98 Å². The van der Waals surface area contributed by atoms with Crippen molar-refractivity contribution in [1.29, 1.82) is 0 Å². The molecule has 0 saturated heterocycles. The molecule has 1 aromatic rings. The molecule has 0 spiro atoms. The Morgan fingerprint density at radius 3 is 2.40 bits per heavy atom. The molecule has 1 amide bonds. The van der Waals surface area contributed by atoms with Crippen LogP contribution in [-0.2, 0) is 4.79 Å². The minimum atomic E-state index is -0.492. The van der Waals surface area contributed by atoms with E-state index in [-0.39, 0.29) is 5.92 Å². The summed E-state index contributed by atoms with van der Waals surface area (Å²) in [4.78, 5) is 15.7. The van der Waals surface area contributed by atoms with Crippen molar-refractivity contribution in [2.75, 3.05) is 11.1 Å². The average molecular weight is 280 g/mol. The first-order valence-electron chi connectivity index (χ1n) is 6.61. The summed E-state index contributed by atoms with van der Waals surface area (Å²) in [7, 11) is 0. The van der Waals surface area contributed by atoms with Crippen LogP contribution in [0.25, 0.3) is 0 Å². The van der Waals surface area contributed by atoms with Crippen LogP contribution in [0.15, 0.2) is 12.1 Å². The van der Waals surface area contributed by atoms with Gasteiger partial charge in [-0.3, -0.25) is 4.79 Å². The monoisotopic (exact) mass is 280 g/mol. The predicted octanol–water partition coefficient (Wildman–Crippen LogP) is 1.76. The maximum atomic E-state index is 11.4. The Kier molecular flexibility index (Phi) is 4.81. The number of ether oxygens (including phenoxy) is 1. The number of hydrogen-bond acceptors (Lipinski definition) is 5. The quantitative estimate of drug-likeness (QED) is 0.762. The number of carbonyl (C=O) groups is 1. The highest BCUT2D eigenvalue weighted by Gasteiger charge is 2.21. The Bertz CT molecular complexity index is 481. The summed E-state index contributed by atoms with van der Waals surface area (Å²) in [6, 6.07) is 2.89. The Balaban J connectivity index is 2.97. The Hall–Kier alpha value is -1.98. The standard InChI is InChI=1S/C14H24N4O2/c1-8(2)11(12(16)19)17-10-7-6-9(15)13(18-10)20-14(3,4)5/h6-8,11H,15H2,1-5H3,(H2,16,19)(H,17,18). The van der Waals surface area contributed by atoms with Gasteiger partial charge in [0.25, 0.3) is 0 Å². The number of nitrogens with zero attached hydrogens (tertiary/aromatic N) is 1. The van der Waals surface area contributed by atoms with Gasteiger partial charge in [-0.15, -0.1) is 0 Å². The lowest BCUT2D eigenvalue weighted by Gasteiger charge is -2.23. The van der Waals surface area contributed by atoms with Crippen molar-refractivity contribution in [3.8, 4) is 5.88 Å². The van der Waals surface area contributed by atoms with Crippen LogP contribution in [0.1, 0.15) is 34.6 Å². The Morgan fingerprint density at radius 1 is 1.35 bits per heavy atom. The zero-order valence-corrected chi connectivity index (χ0v) is 12.7. The molecule has 0 saturated carbocycles. The molecular weight excluding hydrogens is 256 g/mol. The van der Waals surface area contributed by atoms with Crippen LogP contribution >= 0.6 is 0 Å². The van der Waals surface area contributed by atoms with E-state index < -0.39 is 17.6 Å². The van der Waals surface area contributed by atoms with Crippen LogP contribution in [0.2, 0.25) is 0 Å². The van der Waals surface area contributed by atoms with Gasteiger partial charge in [-0.1, -0.05) is 13.8 Å². The second-order valence-corrected chi connectivity index (χ2v) is 6.07. The molecule has 1 aromatic heterocycles. The van der Waals surface area contributed by atoms with Crippen molar-refractivity contribution in [3.63, 3.8) is 0 Å². The summed E-state index contributed by atoms with van der Waals surface area (Å²) >= 11 is 0. The van der Waals surface area contributed by atoms with Gasteiger partial charge in [-0.2, -0.15) is 4.98 Å². The second-order valence-electron chi connectivity index (χ2n) is 6.07. The fourth-order valence-corrected chi connectivity index (χ4v) is 1.63. The van der Waals surface area contributed by atoms with E-state index in [4.69, 9.17) is 16.2 Å². The summed E-state index contributed by atoms with van der Waals surface area (Å²) in [6.45, 7) is 9.55. The first-order valence-corrected chi connectivity index (χ1v) is 6.61. The van der Waals surface area contributed by atoms with Gasteiger partial charge in [0.05, 0.1) is 5.69 Å². The third-order valence-electron chi connectivity index (χ3n) is 2.57. The molecular formula is C14H24N4O2. The number of primary amides is 1. The zero-order chi connectivity index (χ0) is 15.5. The molecule has 5 N–H and O–H groups in total. The number of nitrogens with one attached hydrogen (secondary N) is 1. The van der Waals surface area contributed by atoms with E-state index in [1.165, 1.54) is 0 Å². The first kappa shape index (κ1) is 16.1. The number of rotatable bonds is 5. The number of hydrogen-bond donors (Lipinski definition) is 3. The largest absolute Gasteiger partial charge is 0.470 e. The van der Waals surface area contributed by atoms with Crippen LogP contribution in [0.5, 0.6) is 5.88 Å². The predicted molar refractivity (Wildman–Crippen MR) is 80.5 cm³/mol. The normalized spacial score (nSPS) is 13.1. The lowest BCUT2D eigenvalue weighted by atomic mass is 10.0. The minimum Gasteiger partial charge on any atom is -0.470 e. The van der Waals surface area contributed by atoms with Crippen LogP contribution in [0.3, 0.4) is 0 Å². The molecule has 0 aromatic carbocycles. The van der Waals surface area contributed by atoms with E-state index in [0.717, 1.165) is 0 Å². The minimum absolute atomic E-state index is 0.0545. The molecule has 1 rings (SSSR count). The maximum absolute atomic E-state index is 11.4. The van der Waals surface area contributed by atoms with E-state index in [1.54, 1.807) is 12.1 Å². The molecule has 1 atom stereocenters. The molecule has 1 heterocycles. The van der Waals surface area contributed by atoms with Crippen molar-refractivity contribution >= 4 is 17.4 Å². The fourth-order valence-electron chi connectivity index (χ4n) is 1.63. The number of anilines is 2. The smallest absolute Gasteiger partial charge is 0.240 e. The molecule has 1 unspecified atom stereocenters. The van der Waals surface area contributed by atoms with Crippen molar-refractivity contribution < 1.29 is 9.53 Å². The summed E-state index contributed by atoms with van der Waals surface area (Å²) < 4.78 is 5.68. The van der Waals surface area contributed by atoms with Gasteiger partial charge in [0.1, 0.15) is 17.5 Å². The molecule has 112 valence electrons. The summed E-state index contributed by atoms with van der Waals surface area (Å²) in [5.74, 6) is 0.487. The van der Waals surface area contributed by atoms with E-state index >= 15 is 0 Å². The Morgan fingerprint density at radius 2 is 1.95 bits per heavy atom. The lowest BCUT2D eigenvalue weighted by molar-refractivity contribution is -0.119. The maximum Gasteiger partial charge on any atom is 0.240 e. The van der Waals surface area contributed by atoms with E-state index in [2.05, 4.69) is 10.3 Å². The molecule has 0 fully saturated rings. The molecule has 6 heteroatoms. The van der Waals surface area contributed by atoms with Gasteiger partial charge >= 0.3 is 0 Å². The molecule has 6 nitrogen and oxygen atoms in total. The van der Waals surface area contributed by atoms with Crippen LogP contribution in [0, 0.1) is 5.92 Å². The van der Waals surface area contributed by atoms with Gasteiger partial charge in [-0.05, 0) is 38.8 Å². The number of nitrogen functional groups attached to an aromatic ring is 1.